The molecule has 2 atom stereocenters. The Morgan fingerprint density at radius 2 is 2.07 bits per heavy atom. The van der Waals surface area contributed by atoms with Crippen LogP contribution in [0.25, 0.3) is 22.6 Å². The molecule has 0 spiro atoms. The van der Waals surface area contributed by atoms with Crippen LogP contribution in [0.2, 0.25) is 0 Å². The molecule has 1 N–H and O–H groups in total. The van der Waals surface area contributed by atoms with Crippen molar-refractivity contribution in [3.8, 4) is 22.6 Å². The molecule has 1 aliphatic heterocycles. The molecule has 1 amide bonds. The highest BCUT2D eigenvalue weighted by Crippen LogP contribution is 2.30. The number of nitrogens with zero attached hydrogens (tertiary/aromatic N) is 6. The molecule has 3 heterocycles. The standard InChI is InChI=1S/C18H15F3N6O3/c1-26-24-17(23-25-26)13-5-2-9(7-22-13)11-4-3-10(6-12(11)19)27-8-14(30-18(27)29)15(28)16(20)21/h2-7,14-16,28H,8H2,1H3. The lowest BCUT2D eigenvalue weighted by Gasteiger charge is -2.16. The summed E-state index contributed by atoms with van der Waals surface area (Å²) < 4.78 is 44.8. The molecular weight excluding hydrogens is 405 g/mol. The fraction of sp³-hybridized carbons (Fsp3) is 0.278. The first-order valence-electron chi connectivity index (χ1n) is 8.78. The molecule has 0 radical (unpaired) electrons. The van der Waals surface area contributed by atoms with Gasteiger partial charge in [-0.3, -0.25) is 9.88 Å². The molecule has 156 valence electrons. The average molecular weight is 420 g/mol. The summed E-state index contributed by atoms with van der Waals surface area (Å²) in [6.07, 6.45) is -6.06. The van der Waals surface area contributed by atoms with Crippen molar-refractivity contribution in [1.29, 1.82) is 0 Å². The Kier molecular flexibility index (Phi) is 5.08. The van der Waals surface area contributed by atoms with Crippen molar-refractivity contribution in [2.75, 3.05) is 11.4 Å². The van der Waals surface area contributed by atoms with Gasteiger partial charge in [-0.15, -0.1) is 10.2 Å². The van der Waals surface area contributed by atoms with Crippen LogP contribution in [-0.4, -0.2) is 61.6 Å². The third-order valence-electron chi connectivity index (χ3n) is 4.55. The summed E-state index contributed by atoms with van der Waals surface area (Å²) in [5.74, 6) is -0.321. The molecule has 9 nitrogen and oxygen atoms in total. The normalized spacial score (nSPS) is 17.5. The maximum atomic E-state index is 14.7. The van der Waals surface area contributed by atoms with Gasteiger partial charge in [-0.05, 0) is 29.5 Å². The molecule has 0 saturated carbocycles. The first-order chi connectivity index (χ1) is 14.3. The number of carbonyl (C=O) groups excluding carboxylic acids is 1. The summed E-state index contributed by atoms with van der Waals surface area (Å²) in [6, 6.07) is 7.23. The van der Waals surface area contributed by atoms with Crippen LogP contribution in [0.5, 0.6) is 0 Å². The number of halogens is 3. The zero-order valence-corrected chi connectivity index (χ0v) is 15.5. The van der Waals surface area contributed by atoms with E-state index in [0.29, 0.717) is 17.1 Å². The van der Waals surface area contributed by atoms with Crippen LogP contribution >= 0.6 is 0 Å². The highest BCUT2D eigenvalue weighted by molar-refractivity contribution is 5.90. The number of anilines is 1. The number of aromatic nitrogens is 5. The van der Waals surface area contributed by atoms with E-state index in [4.69, 9.17) is 4.74 Å². The largest absolute Gasteiger partial charge is 0.441 e. The van der Waals surface area contributed by atoms with Gasteiger partial charge in [0.2, 0.25) is 5.82 Å². The summed E-state index contributed by atoms with van der Waals surface area (Å²) in [5, 5.41) is 21.0. The Bertz CT molecular complexity index is 1080. The van der Waals surface area contributed by atoms with Crippen molar-refractivity contribution in [3.05, 3.63) is 42.3 Å². The third kappa shape index (κ3) is 3.68. The molecule has 3 aromatic rings. The fourth-order valence-electron chi connectivity index (χ4n) is 3.01. The number of carbonyl (C=O) groups is 1. The Morgan fingerprint density at radius 3 is 2.67 bits per heavy atom. The number of aryl methyl sites for hydroxylation is 1. The third-order valence-corrected chi connectivity index (χ3v) is 4.55. The minimum Gasteiger partial charge on any atom is -0.441 e. The van der Waals surface area contributed by atoms with Gasteiger partial charge in [0, 0.05) is 17.3 Å². The number of cyclic esters (lactones) is 1. The Morgan fingerprint density at radius 1 is 1.27 bits per heavy atom. The van der Waals surface area contributed by atoms with E-state index in [-0.39, 0.29) is 17.8 Å². The quantitative estimate of drug-likeness (QED) is 0.673. The first-order valence-corrected chi connectivity index (χ1v) is 8.78. The van der Waals surface area contributed by atoms with Gasteiger partial charge in [0.25, 0.3) is 6.43 Å². The number of alkyl halides is 2. The van der Waals surface area contributed by atoms with E-state index >= 15 is 0 Å². The van der Waals surface area contributed by atoms with E-state index in [0.717, 1.165) is 11.0 Å². The van der Waals surface area contributed by atoms with E-state index in [9.17, 15) is 23.1 Å². The zero-order chi connectivity index (χ0) is 21.4. The number of hydrogen-bond donors (Lipinski definition) is 1. The molecule has 0 bridgehead atoms. The monoisotopic (exact) mass is 420 g/mol. The summed E-state index contributed by atoms with van der Waals surface area (Å²) in [6.45, 7) is -0.315. The Balaban J connectivity index is 1.54. The van der Waals surface area contributed by atoms with Crippen LogP contribution in [0.15, 0.2) is 36.5 Å². The van der Waals surface area contributed by atoms with Gasteiger partial charge in [-0.25, -0.2) is 18.0 Å². The SMILES string of the molecule is Cn1nnc(-c2ccc(-c3ccc(N4CC(C(O)C(F)F)OC4=O)cc3F)cn2)n1. The minimum atomic E-state index is -3.06. The van der Waals surface area contributed by atoms with Crippen LogP contribution in [0.3, 0.4) is 0 Å². The molecule has 1 aromatic carbocycles. The van der Waals surface area contributed by atoms with E-state index in [2.05, 4.69) is 20.4 Å². The predicted octanol–water partition coefficient (Wildman–Crippen LogP) is 2.03. The van der Waals surface area contributed by atoms with Crippen molar-refractivity contribution in [2.45, 2.75) is 18.6 Å². The lowest BCUT2D eigenvalue weighted by Crippen LogP contribution is -2.36. The number of benzene rings is 1. The highest BCUT2D eigenvalue weighted by atomic mass is 19.3. The summed E-state index contributed by atoms with van der Waals surface area (Å²) in [7, 11) is 1.62. The molecule has 0 aliphatic carbocycles. The van der Waals surface area contributed by atoms with Crippen LogP contribution in [0.1, 0.15) is 0 Å². The Hall–Kier alpha value is -3.54. The number of ether oxygens (including phenoxy) is 1. The smallest absolute Gasteiger partial charge is 0.414 e. The number of amides is 1. The minimum absolute atomic E-state index is 0.124. The predicted molar refractivity (Wildman–Crippen MR) is 97.0 cm³/mol. The number of rotatable bonds is 5. The lowest BCUT2D eigenvalue weighted by molar-refractivity contribution is -0.0641. The second-order valence-electron chi connectivity index (χ2n) is 6.56. The van der Waals surface area contributed by atoms with Gasteiger partial charge in [0.1, 0.15) is 11.5 Å². The maximum absolute atomic E-state index is 14.7. The Labute approximate surface area is 167 Å². The molecule has 2 aromatic heterocycles. The number of aliphatic hydroxyl groups is 1. The van der Waals surface area contributed by atoms with Crippen molar-refractivity contribution >= 4 is 11.8 Å². The van der Waals surface area contributed by atoms with Crippen molar-refractivity contribution in [3.63, 3.8) is 0 Å². The van der Waals surface area contributed by atoms with E-state index < -0.39 is 30.5 Å². The molecule has 30 heavy (non-hydrogen) atoms. The molecule has 1 fully saturated rings. The van der Waals surface area contributed by atoms with Crippen molar-refractivity contribution < 1.29 is 27.8 Å². The van der Waals surface area contributed by atoms with E-state index in [1.54, 1.807) is 19.2 Å². The van der Waals surface area contributed by atoms with Crippen LogP contribution < -0.4 is 4.90 Å². The number of hydrogen-bond acceptors (Lipinski definition) is 7. The average Bonchev–Trinajstić information content (AvgIpc) is 3.33. The highest BCUT2D eigenvalue weighted by Gasteiger charge is 2.40. The topological polar surface area (TPSA) is 106 Å². The van der Waals surface area contributed by atoms with Gasteiger partial charge in [-0.2, -0.15) is 4.80 Å². The van der Waals surface area contributed by atoms with Gasteiger partial charge in [0.05, 0.1) is 19.3 Å². The molecular formula is C18H15F3N6O3. The van der Waals surface area contributed by atoms with Crippen LogP contribution in [0, 0.1) is 5.82 Å². The number of tetrazole rings is 1. The summed E-state index contributed by atoms with van der Waals surface area (Å²) >= 11 is 0. The number of pyridine rings is 1. The first kappa shape index (κ1) is 19.8. The van der Waals surface area contributed by atoms with Gasteiger partial charge < -0.3 is 9.84 Å². The molecule has 2 unspecified atom stereocenters. The van der Waals surface area contributed by atoms with Crippen LogP contribution in [-0.2, 0) is 11.8 Å². The second kappa shape index (κ2) is 7.71. The summed E-state index contributed by atoms with van der Waals surface area (Å²) in [5.41, 5.74) is 1.29. The van der Waals surface area contributed by atoms with Crippen molar-refractivity contribution in [2.24, 2.45) is 7.05 Å². The molecule has 4 rings (SSSR count). The van der Waals surface area contributed by atoms with Gasteiger partial charge in [0.15, 0.2) is 12.2 Å². The lowest BCUT2D eigenvalue weighted by atomic mass is 10.1. The van der Waals surface area contributed by atoms with E-state index in [1.165, 1.54) is 23.1 Å². The summed E-state index contributed by atoms with van der Waals surface area (Å²) in [4.78, 5) is 18.4. The maximum Gasteiger partial charge on any atom is 0.414 e. The number of aliphatic hydroxyl groups excluding tert-OH is 1. The molecule has 1 aliphatic rings. The zero-order valence-electron chi connectivity index (χ0n) is 15.5. The van der Waals surface area contributed by atoms with Gasteiger partial charge >= 0.3 is 6.09 Å². The molecule has 12 heteroatoms. The van der Waals surface area contributed by atoms with Gasteiger partial charge in [-0.1, -0.05) is 6.07 Å². The fourth-order valence-corrected chi connectivity index (χ4v) is 3.01. The molecule has 1 saturated heterocycles. The van der Waals surface area contributed by atoms with Crippen molar-refractivity contribution in [1.82, 2.24) is 25.2 Å². The van der Waals surface area contributed by atoms with Crippen LogP contribution in [0.4, 0.5) is 23.7 Å². The van der Waals surface area contributed by atoms with E-state index in [1.807, 2.05) is 0 Å². The second-order valence-corrected chi connectivity index (χ2v) is 6.56.